The number of amides is 2. The second kappa shape index (κ2) is 12.8. The summed E-state index contributed by atoms with van der Waals surface area (Å²) in [5, 5.41) is 0.721. The Balaban J connectivity index is 1.69. The molecule has 36 heavy (non-hydrogen) atoms. The van der Waals surface area contributed by atoms with E-state index >= 15 is 0 Å². The fraction of sp³-hybridized carbons (Fsp3) is 0.429. The molecule has 2 aromatic rings. The molecule has 1 N–H and O–H groups in total. The highest BCUT2D eigenvalue weighted by Gasteiger charge is 2.23. The molecule has 194 valence electrons. The van der Waals surface area contributed by atoms with Gasteiger partial charge in [-0.25, -0.2) is 10.3 Å². The van der Waals surface area contributed by atoms with E-state index in [0.29, 0.717) is 6.54 Å². The SMILES string of the molecule is CONC(=O)/C=C/CN(CCCCN1c2ccccc2CCc2ccc(Cl)cc21)C(=O)OC(C)(C)C. The van der Waals surface area contributed by atoms with Crippen LogP contribution in [0.5, 0.6) is 0 Å². The number of halogens is 1. The number of hydroxylamine groups is 1. The van der Waals surface area contributed by atoms with Crippen LogP contribution < -0.4 is 10.4 Å². The minimum absolute atomic E-state index is 0.261. The van der Waals surface area contributed by atoms with E-state index in [1.54, 1.807) is 11.0 Å². The van der Waals surface area contributed by atoms with Crippen LogP contribution in [0.25, 0.3) is 0 Å². The van der Waals surface area contributed by atoms with Crippen molar-refractivity contribution in [1.29, 1.82) is 0 Å². The number of aryl methyl sites for hydroxylation is 2. The topological polar surface area (TPSA) is 71.1 Å². The largest absolute Gasteiger partial charge is 0.444 e. The maximum absolute atomic E-state index is 12.8. The van der Waals surface area contributed by atoms with E-state index in [0.717, 1.165) is 42.9 Å². The van der Waals surface area contributed by atoms with Crippen LogP contribution in [-0.2, 0) is 27.2 Å². The van der Waals surface area contributed by atoms with Crippen molar-refractivity contribution in [2.45, 2.75) is 52.1 Å². The molecule has 2 aromatic carbocycles. The second-order valence-corrected chi connectivity index (χ2v) is 10.2. The zero-order valence-corrected chi connectivity index (χ0v) is 22.3. The van der Waals surface area contributed by atoms with E-state index in [2.05, 4.69) is 45.5 Å². The number of carbonyl (C=O) groups excluding carboxylic acids is 2. The summed E-state index contributed by atoms with van der Waals surface area (Å²) in [4.78, 5) is 33.0. The molecule has 0 bridgehead atoms. The molecule has 7 nitrogen and oxygen atoms in total. The summed E-state index contributed by atoms with van der Waals surface area (Å²) in [7, 11) is 1.37. The first kappa shape index (κ1) is 27.6. The van der Waals surface area contributed by atoms with Crippen LogP contribution in [0.1, 0.15) is 44.7 Å². The number of ether oxygens (including phenoxy) is 1. The van der Waals surface area contributed by atoms with Gasteiger partial charge in [-0.1, -0.05) is 41.9 Å². The Hall–Kier alpha value is -3.03. The van der Waals surface area contributed by atoms with Gasteiger partial charge in [0.2, 0.25) is 0 Å². The number of rotatable bonds is 9. The number of hydrogen-bond acceptors (Lipinski definition) is 5. The summed E-state index contributed by atoms with van der Waals surface area (Å²) in [6.07, 6.45) is 6.14. The van der Waals surface area contributed by atoms with Crippen molar-refractivity contribution in [2.24, 2.45) is 0 Å². The number of carbonyl (C=O) groups is 2. The number of hydrogen-bond donors (Lipinski definition) is 1. The fourth-order valence-electron chi connectivity index (χ4n) is 4.20. The number of anilines is 2. The lowest BCUT2D eigenvalue weighted by Gasteiger charge is -2.29. The second-order valence-electron chi connectivity index (χ2n) is 9.76. The smallest absolute Gasteiger partial charge is 0.410 e. The molecule has 0 unspecified atom stereocenters. The van der Waals surface area contributed by atoms with E-state index in [1.165, 1.54) is 30.0 Å². The van der Waals surface area contributed by atoms with Gasteiger partial charge in [0.15, 0.2) is 0 Å². The van der Waals surface area contributed by atoms with Gasteiger partial charge in [0, 0.05) is 42.1 Å². The summed E-state index contributed by atoms with van der Waals surface area (Å²) < 4.78 is 5.58. The summed E-state index contributed by atoms with van der Waals surface area (Å²) in [5.41, 5.74) is 6.57. The van der Waals surface area contributed by atoms with Gasteiger partial charge in [0.05, 0.1) is 7.11 Å². The van der Waals surface area contributed by atoms with Crippen molar-refractivity contribution in [3.8, 4) is 0 Å². The van der Waals surface area contributed by atoms with Crippen LogP contribution in [0.4, 0.5) is 16.2 Å². The predicted molar refractivity (Wildman–Crippen MR) is 144 cm³/mol. The third-order valence-corrected chi connectivity index (χ3v) is 6.03. The maximum atomic E-state index is 12.8. The zero-order chi connectivity index (χ0) is 26.1. The summed E-state index contributed by atoms with van der Waals surface area (Å²) in [6.45, 7) is 7.07. The van der Waals surface area contributed by atoms with Gasteiger partial charge >= 0.3 is 6.09 Å². The molecule has 0 fully saturated rings. The van der Waals surface area contributed by atoms with Gasteiger partial charge in [-0.05, 0) is 75.8 Å². The molecule has 0 spiro atoms. The average Bonchev–Trinajstić information content (AvgIpc) is 2.96. The highest BCUT2D eigenvalue weighted by Crippen LogP contribution is 2.37. The monoisotopic (exact) mass is 513 g/mol. The first-order valence-corrected chi connectivity index (χ1v) is 12.7. The average molecular weight is 514 g/mol. The molecule has 2 amide bonds. The molecular weight excluding hydrogens is 478 g/mol. The highest BCUT2D eigenvalue weighted by molar-refractivity contribution is 6.30. The third-order valence-electron chi connectivity index (χ3n) is 5.79. The number of benzene rings is 2. The van der Waals surface area contributed by atoms with Crippen molar-refractivity contribution < 1.29 is 19.2 Å². The molecule has 3 rings (SSSR count). The van der Waals surface area contributed by atoms with E-state index in [1.807, 2.05) is 32.9 Å². The number of fused-ring (bicyclic) bond motifs is 2. The first-order valence-electron chi connectivity index (χ1n) is 12.3. The summed E-state index contributed by atoms with van der Waals surface area (Å²) >= 11 is 6.38. The molecule has 0 saturated heterocycles. The van der Waals surface area contributed by atoms with Crippen molar-refractivity contribution in [1.82, 2.24) is 10.4 Å². The quantitative estimate of drug-likeness (QED) is 0.259. The van der Waals surface area contributed by atoms with Crippen LogP contribution in [0.15, 0.2) is 54.6 Å². The molecule has 1 heterocycles. The Bertz CT molecular complexity index is 1080. The number of para-hydroxylation sites is 1. The van der Waals surface area contributed by atoms with Gasteiger partial charge in [0.1, 0.15) is 5.60 Å². The third kappa shape index (κ3) is 8.00. The molecule has 0 aromatic heterocycles. The van der Waals surface area contributed by atoms with E-state index < -0.39 is 17.6 Å². The molecular formula is C28H36ClN3O4. The highest BCUT2D eigenvalue weighted by atomic mass is 35.5. The summed E-state index contributed by atoms with van der Waals surface area (Å²) in [6, 6.07) is 14.6. The normalized spacial score (nSPS) is 13.1. The molecule has 1 aliphatic heterocycles. The summed E-state index contributed by atoms with van der Waals surface area (Å²) in [5.74, 6) is -0.390. The lowest BCUT2D eigenvalue weighted by Crippen LogP contribution is -2.38. The van der Waals surface area contributed by atoms with Crippen molar-refractivity contribution >= 4 is 35.0 Å². The van der Waals surface area contributed by atoms with Crippen molar-refractivity contribution in [3.63, 3.8) is 0 Å². The lowest BCUT2D eigenvalue weighted by atomic mass is 10.0. The molecule has 1 aliphatic rings. The van der Waals surface area contributed by atoms with Crippen molar-refractivity contribution in [3.05, 3.63) is 70.8 Å². The van der Waals surface area contributed by atoms with Gasteiger partial charge in [0.25, 0.3) is 5.91 Å². The van der Waals surface area contributed by atoms with Crippen LogP contribution in [0, 0.1) is 0 Å². The number of unbranched alkanes of at least 4 members (excludes halogenated alkanes) is 1. The van der Waals surface area contributed by atoms with Crippen LogP contribution in [0.2, 0.25) is 5.02 Å². The Labute approximate surface area is 219 Å². The minimum atomic E-state index is -0.606. The fourth-order valence-corrected chi connectivity index (χ4v) is 4.37. The Morgan fingerprint density at radius 3 is 2.53 bits per heavy atom. The van der Waals surface area contributed by atoms with E-state index in [4.69, 9.17) is 16.3 Å². The number of nitrogens with one attached hydrogen (secondary N) is 1. The van der Waals surface area contributed by atoms with E-state index in [-0.39, 0.29) is 6.54 Å². The van der Waals surface area contributed by atoms with Crippen LogP contribution in [0.3, 0.4) is 0 Å². The van der Waals surface area contributed by atoms with Gasteiger partial charge in [-0.3, -0.25) is 9.63 Å². The maximum Gasteiger partial charge on any atom is 0.410 e. The van der Waals surface area contributed by atoms with Crippen LogP contribution in [-0.4, -0.2) is 49.2 Å². The van der Waals surface area contributed by atoms with Gasteiger partial charge in [-0.15, -0.1) is 0 Å². The number of nitrogens with zero attached hydrogens (tertiary/aromatic N) is 2. The van der Waals surface area contributed by atoms with Crippen LogP contribution >= 0.6 is 11.6 Å². The van der Waals surface area contributed by atoms with Gasteiger partial charge < -0.3 is 14.5 Å². The minimum Gasteiger partial charge on any atom is -0.444 e. The zero-order valence-electron chi connectivity index (χ0n) is 21.6. The molecule has 0 saturated carbocycles. The van der Waals surface area contributed by atoms with Gasteiger partial charge in [-0.2, -0.15) is 0 Å². The first-order chi connectivity index (χ1) is 17.2. The molecule has 0 radical (unpaired) electrons. The lowest BCUT2D eigenvalue weighted by molar-refractivity contribution is -0.126. The van der Waals surface area contributed by atoms with Crippen molar-refractivity contribution in [2.75, 3.05) is 31.6 Å². The Kier molecular flexibility index (Phi) is 9.79. The Morgan fingerprint density at radius 2 is 1.81 bits per heavy atom. The Morgan fingerprint density at radius 1 is 1.08 bits per heavy atom. The molecule has 0 aliphatic carbocycles. The molecule has 0 atom stereocenters. The standard InChI is InChI=1S/C28H36ClN3O4/c1-28(2,3)36-27(34)31(18-9-12-26(33)30-35-4)17-7-8-19-32-24-11-6-5-10-21(24)13-14-22-15-16-23(29)20-25(22)32/h5-6,9-12,15-16,20H,7-8,13-14,17-19H2,1-4H3,(H,30,33)/b12-9+. The van der Waals surface area contributed by atoms with E-state index in [9.17, 15) is 9.59 Å². The molecule has 8 heteroatoms. The predicted octanol–water partition coefficient (Wildman–Crippen LogP) is 5.83.